The summed E-state index contributed by atoms with van der Waals surface area (Å²) in [5.41, 5.74) is 11.3. The van der Waals surface area contributed by atoms with Gasteiger partial charge >= 0.3 is 12.1 Å². The Morgan fingerprint density at radius 1 is 1.48 bits per heavy atom. The first-order valence-electron chi connectivity index (χ1n) is 8.78. The van der Waals surface area contributed by atoms with Crippen LogP contribution >= 0.6 is 34.9 Å². The number of carboxylic acid groups (broad SMARTS) is 1. The molecule has 2 aliphatic rings. The summed E-state index contributed by atoms with van der Waals surface area (Å²) in [6.45, 7) is -0.329. The average Bonchev–Trinajstić information content (AvgIpc) is 3.15. The summed E-state index contributed by atoms with van der Waals surface area (Å²) < 4.78 is 4.69. The maximum Gasteiger partial charge on any atom is 0.404 e. The number of ether oxygens (including phenoxy) is 1. The predicted octanol–water partition coefficient (Wildman–Crippen LogP) is 0.306. The number of nitrogen functional groups attached to an aromatic ring is 1. The molecule has 6 N–H and O–H groups in total. The Morgan fingerprint density at radius 3 is 2.81 bits per heavy atom. The van der Waals surface area contributed by atoms with Crippen molar-refractivity contribution in [2.45, 2.75) is 11.4 Å². The van der Waals surface area contributed by atoms with Crippen LogP contribution in [0.5, 0.6) is 0 Å². The molecule has 1 aromatic heterocycles. The van der Waals surface area contributed by atoms with E-state index in [0.29, 0.717) is 22.2 Å². The van der Waals surface area contributed by atoms with Crippen molar-refractivity contribution >= 4 is 69.4 Å². The number of hydrogen-bond donors (Lipinski definition) is 4. The second-order valence-corrected chi connectivity index (χ2v) is 9.28. The van der Waals surface area contributed by atoms with Gasteiger partial charge in [-0.15, -0.1) is 23.1 Å². The standard InChI is InChI=1S/C17H19N5O6S3/c1-29-3-2-8(9-6-31-16(18)20-9)12(23)21-10-13(24)22-11(15(25)26)7(4-28-17(19)27)5-30-14(10)22/h2,6,10,14H,3-5H2,1H3,(H2,18,20)(H2,19,27)(H,21,23)(H,25,26)/b8-2-/t10-,14-/m1/s1. The normalized spacial score (nSPS) is 20.7. The van der Waals surface area contributed by atoms with Gasteiger partial charge in [0.1, 0.15) is 23.7 Å². The molecule has 1 saturated heterocycles. The summed E-state index contributed by atoms with van der Waals surface area (Å²) in [6, 6.07) is -0.904. The number of β-lactam (4-membered cyclic amide) rings is 1. The number of carbonyl (C=O) groups excluding carboxylic acids is 3. The van der Waals surface area contributed by atoms with Gasteiger partial charge in [0.25, 0.3) is 11.8 Å². The highest BCUT2D eigenvalue weighted by molar-refractivity contribution is 8.00. The number of thiazole rings is 1. The minimum Gasteiger partial charge on any atom is -0.477 e. The van der Waals surface area contributed by atoms with Gasteiger partial charge < -0.3 is 26.6 Å². The maximum atomic E-state index is 12.9. The molecule has 166 valence electrons. The Balaban J connectivity index is 1.78. The van der Waals surface area contributed by atoms with Crippen molar-refractivity contribution in [2.24, 2.45) is 5.73 Å². The third kappa shape index (κ3) is 4.80. The molecule has 0 saturated carbocycles. The van der Waals surface area contributed by atoms with Crippen molar-refractivity contribution in [2.75, 3.05) is 30.1 Å². The lowest BCUT2D eigenvalue weighted by molar-refractivity contribution is -0.150. The number of aromatic nitrogens is 1. The summed E-state index contributed by atoms with van der Waals surface area (Å²) >= 11 is 3.96. The van der Waals surface area contributed by atoms with Crippen LogP contribution in [0.2, 0.25) is 0 Å². The molecule has 14 heteroatoms. The molecule has 0 aliphatic carbocycles. The zero-order chi connectivity index (χ0) is 22.7. The molecule has 2 aliphatic heterocycles. The van der Waals surface area contributed by atoms with Crippen LogP contribution in [-0.2, 0) is 19.1 Å². The topological polar surface area (TPSA) is 178 Å². The van der Waals surface area contributed by atoms with Crippen molar-refractivity contribution in [1.82, 2.24) is 15.2 Å². The van der Waals surface area contributed by atoms with Crippen molar-refractivity contribution in [3.8, 4) is 0 Å². The molecule has 0 aromatic carbocycles. The fraction of sp³-hybridized carbons (Fsp3) is 0.353. The molecule has 0 unspecified atom stereocenters. The lowest BCUT2D eigenvalue weighted by atomic mass is 10.0. The van der Waals surface area contributed by atoms with Gasteiger partial charge in [0.05, 0.1) is 11.3 Å². The van der Waals surface area contributed by atoms with E-state index in [9.17, 15) is 24.3 Å². The highest BCUT2D eigenvalue weighted by Gasteiger charge is 2.54. The predicted molar refractivity (Wildman–Crippen MR) is 118 cm³/mol. The van der Waals surface area contributed by atoms with Crippen molar-refractivity contribution < 1.29 is 29.0 Å². The number of carboxylic acids is 1. The van der Waals surface area contributed by atoms with Crippen molar-refractivity contribution in [1.29, 1.82) is 0 Å². The van der Waals surface area contributed by atoms with E-state index in [1.54, 1.807) is 11.5 Å². The Labute approximate surface area is 189 Å². The number of thioether (sulfide) groups is 2. The van der Waals surface area contributed by atoms with Gasteiger partial charge in [-0.25, -0.2) is 14.6 Å². The van der Waals surface area contributed by atoms with Gasteiger partial charge in [-0.05, 0) is 6.26 Å². The number of nitrogens with one attached hydrogen (secondary N) is 1. The molecule has 31 heavy (non-hydrogen) atoms. The Bertz CT molecular complexity index is 991. The summed E-state index contributed by atoms with van der Waals surface area (Å²) in [5, 5.41) is 13.6. The number of amides is 3. The lowest BCUT2D eigenvalue weighted by Crippen LogP contribution is -2.70. The van der Waals surface area contributed by atoms with E-state index >= 15 is 0 Å². The van der Waals surface area contributed by atoms with Crippen LogP contribution in [0.1, 0.15) is 5.69 Å². The second-order valence-electron chi connectivity index (χ2n) is 6.37. The second kappa shape index (κ2) is 9.62. The van der Waals surface area contributed by atoms with Crippen LogP contribution in [0.4, 0.5) is 9.93 Å². The molecule has 3 heterocycles. The van der Waals surface area contributed by atoms with Gasteiger partial charge in [-0.2, -0.15) is 11.8 Å². The third-order valence-corrected chi connectivity index (χ3v) is 6.94. The van der Waals surface area contributed by atoms with E-state index in [1.165, 1.54) is 34.9 Å². The number of aliphatic carboxylic acids is 1. The number of carbonyl (C=O) groups is 4. The van der Waals surface area contributed by atoms with Gasteiger partial charge in [-0.3, -0.25) is 14.5 Å². The molecule has 2 atom stereocenters. The van der Waals surface area contributed by atoms with Crippen LogP contribution in [0.15, 0.2) is 22.7 Å². The minimum absolute atomic E-state index is 0.202. The number of nitrogens with two attached hydrogens (primary N) is 2. The first kappa shape index (κ1) is 23.0. The van der Waals surface area contributed by atoms with Crippen LogP contribution < -0.4 is 16.8 Å². The highest BCUT2D eigenvalue weighted by Crippen LogP contribution is 2.40. The minimum atomic E-state index is -1.33. The number of nitrogens with zero attached hydrogens (tertiary/aromatic N) is 2. The monoisotopic (exact) mass is 485 g/mol. The van der Waals surface area contributed by atoms with Gasteiger partial charge in [-0.1, -0.05) is 6.08 Å². The zero-order valence-corrected chi connectivity index (χ0v) is 18.6. The van der Waals surface area contributed by atoms with Crippen molar-refractivity contribution in [3.05, 3.63) is 28.4 Å². The number of fused-ring (bicyclic) bond motifs is 1. The van der Waals surface area contributed by atoms with E-state index in [4.69, 9.17) is 11.5 Å². The fourth-order valence-electron chi connectivity index (χ4n) is 3.06. The molecular weight excluding hydrogens is 466 g/mol. The van der Waals surface area contributed by atoms with Crippen LogP contribution in [0.3, 0.4) is 0 Å². The third-order valence-electron chi connectivity index (χ3n) is 4.42. The number of rotatable bonds is 8. The molecule has 11 nitrogen and oxygen atoms in total. The molecule has 1 aromatic rings. The number of hydrogen-bond acceptors (Lipinski definition) is 10. The maximum absolute atomic E-state index is 12.9. The first-order chi connectivity index (χ1) is 14.7. The number of anilines is 1. The smallest absolute Gasteiger partial charge is 0.404 e. The number of primary amides is 1. The van der Waals surface area contributed by atoms with E-state index in [1.807, 2.05) is 6.26 Å². The summed E-state index contributed by atoms with van der Waals surface area (Å²) in [4.78, 5) is 53.4. The molecule has 0 spiro atoms. The Hall–Kier alpha value is -2.71. The van der Waals surface area contributed by atoms with Gasteiger partial charge in [0.2, 0.25) is 0 Å². The molecule has 3 amide bonds. The van der Waals surface area contributed by atoms with E-state index in [0.717, 1.165) is 4.90 Å². The lowest BCUT2D eigenvalue weighted by Gasteiger charge is -2.49. The van der Waals surface area contributed by atoms with E-state index < -0.39 is 35.3 Å². The Morgan fingerprint density at radius 2 is 2.23 bits per heavy atom. The quantitative estimate of drug-likeness (QED) is 0.296. The highest BCUT2D eigenvalue weighted by atomic mass is 32.2. The largest absolute Gasteiger partial charge is 0.477 e. The first-order valence-corrected chi connectivity index (χ1v) is 12.1. The Kier molecular flexibility index (Phi) is 7.12. The molecule has 3 rings (SSSR count). The molecular formula is C17H19N5O6S3. The molecule has 0 bridgehead atoms. The van der Waals surface area contributed by atoms with E-state index in [-0.39, 0.29) is 23.6 Å². The molecule has 0 radical (unpaired) electrons. The zero-order valence-electron chi connectivity index (χ0n) is 16.2. The fourth-order valence-corrected chi connectivity index (χ4v) is 5.29. The SMILES string of the molecule is CSC/C=C(\C(=O)N[C@@H]1C(=O)N2C(C(=O)O)=C(COC(N)=O)CS[C@H]12)c1csc(N)n1. The van der Waals surface area contributed by atoms with Crippen LogP contribution in [0.25, 0.3) is 5.57 Å². The average molecular weight is 486 g/mol. The summed E-state index contributed by atoms with van der Waals surface area (Å²) in [7, 11) is 0. The van der Waals surface area contributed by atoms with Crippen molar-refractivity contribution in [3.63, 3.8) is 0 Å². The van der Waals surface area contributed by atoms with Crippen LogP contribution in [-0.4, -0.2) is 74.7 Å². The van der Waals surface area contributed by atoms with E-state index in [2.05, 4.69) is 15.0 Å². The van der Waals surface area contributed by atoms with Gasteiger partial charge in [0.15, 0.2) is 5.13 Å². The molecule has 1 fully saturated rings. The van der Waals surface area contributed by atoms with Gasteiger partial charge in [0, 0.05) is 22.5 Å². The summed E-state index contributed by atoms with van der Waals surface area (Å²) in [5.74, 6) is -1.64. The van der Waals surface area contributed by atoms with Crippen LogP contribution in [0, 0.1) is 0 Å². The summed E-state index contributed by atoms with van der Waals surface area (Å²) in [6.07, 6.45) is 2.54.